The minimum atomic E-state index is 0.865. The van der Waals surface area contributed by atoms with E-state index in [2.05, 4.69) is 187 Å². The maximum Gasteiger partial charge on any atom is 0.160 e. The molecule has 0 N–H and O–H groups in total. The Hall–Kier alpha value is -6.64. The second-order valence-electron chi connectivity index (χ2n) is 12.9. The molecule has 0 spiro atoms. The SMILES string of the molecule is c1ccc(-c2ccc(N(c3ccc(-c4cccc5ccccc45)cc3)c3ccc4ccc5ccccc5c4c3)c3oc4ccccc4c23)cc1. The first-order chi connectivity index (χ1) is 24.8. The van der Waals surface area contributed by atoms with Crippen molar-refractivity contribution in [3.05, 3.63) is 188 Å². The van der Waals surface area contributed by atoms with Crippen LogP contribution in [0, 0.1) is 0 Å². The van der Waals surface area contributed by atoms with E-state index in [9.17, 15) is 0 Å². The van der Waals surface area contributed by atoms with E-state index in [1.54, 1.807) is 0 Å². The fourth-order valence-electron chi connectivity index (χ4n) is 7.67. The van der Waals surface area contributed by atoms with Gasteiger partial charge in [0.15, 0.2) is 5.58 Å². The third kappa shape index (κ3) is 4.57. The van der Waals surface area contributed by atoms with Crippen molar-refractivity contribution >= 4 is 71.3 Å². The standard InChI is InChI=1S/C48H31NO/c1-2-11-33(12-3-1)42-29-30-45(48-47(42)43-18-8-9-20-46(43)50-48)49(38-28-25-36-22-21-34-14-5-7-17-41(34)44(36)31-38)37-26-23-35(24-27-37)40-19-10-15-32-13-4-6-16-39(32)40/h1-31H. The molecule has 2 nitrogen and oxygen atoms in total. The molecule has 1 heterocycles. The molecule has 234 valence electrons. The van der Waals surface area contributed by atoms with Crippen molar-refractivity contribution in [3.63, 3.8) is 0 Å². The lowest BCUT2D eigenvalue weighted by Crippen LogP contribution is -2.10. The molecule has 0 bridgehead atoms. The molecule has 0 radical (unpaired) electrons. The van der Waals surface area contributed by atoms with Gasteiger partial charge in [0, 0.05) is 22.1 Å². The van der Waals surface area contributed by atoms with Gasteiger partial charge in [-0.3, -0.25) is 0 Å². The Balaban J connectivity index is 1.23. The van der Waals surface area contributed by atoms with Gasteiger partial charge in [0.2, 0.25) is 0 Å². The smallest absolute Gasteiger partial charge is 0.160 e. The van der Waals surface area contributed by atoms with Gasteiger partial charge in [0.1, 0.15) is 5.58 Å². The van der Waals surface area contributed by atoms with Crippen molar-refractivity contribution in [1.82, 2.24) is 0 Å². The maximum atomic E-state index is 6.83. The van der Waals surface area contributed by atoms with Gasteiger partial charge in [0.05, 0.1) is 5.69 Å². The van der Waals surface area contributed by atoms with E-state index in [0.717, 1.165) is 44.6 Å². The first kappa shape index (κ1) is 28.4. The largest absolute Gasteiger partial charge is 0.454 e. The molecular weight excluding hydrogens is 607 g/mol. The van der Waals surface area contributed by atoms with Crippen LogP contribution >= 0.6 is 0 Å². The van der Waals surface area contributed by atoms with Crippen molar-refractivity contribution in [2.24, 2.45) is 0 Å². The number of furan rings is 1. The summed E-state index contributed by atoms with van der Waals surface area (Å²) < 4.78 is 6.83. The molecule has 10 rings (SSSR count). The molecule has 0 amide bonds. The highest BCUT2D eigenvalue weighted by atomic mass is 16.3. The maximum absolute atomic E-state index is 6.83. The van der Waals surface area contributed by atoms with Crippen molar-refractivity contribution in [3.8, 4) is 22.3 Å². The van der Waals surface area contributed by atoms with E-state index in [4.69, 9.17) is 4.42 Å². The van der Waals surface area contributed by atoms with Crippen LogP contribution in [0.25, 0.3) is 76.5 Å². The van der Waals surface area contributed by atoms with Crippen LogP contribution in [0.3, 0.4) is 0 Å². The van der Waals surface area contributed by atoms with Gasteiger partial charge >= 0.3 is 0 Å². The zero-order valence-corrected chi connectivity index (χ0v) is 27.3. The van der Waals surface area contributed by atoms with Crippen LogP contribution in [0.4, 0.5) is 17.1 Å². The van der Waals surface area contributed by atoms with Crippen LogP contribution in [0.15, 0.2) is 192 Å². The fraction of sp³-hybridized carbons (Fsp3) is 0. The van der Waals surface area contributed by atoms with Crippen LogP contribution in [-0.4, -0.2) is 0 Å². The van der Waals surface area contributed by atoms with Crippen LogP contribution in [0.2, 0.25) is 0 Å². The Morgan fingerprint density at radius 3 is 1.78 bits per heavy atom. The number of para-hydroxylation sites is 1. The van der Waals surface area contributed by atoms with Crippen LogP contribution in [-0.2, 0) is 0 Å². The molecule has 0 aliphatic heterocycles. The average molecular weight is 638 g/mol. The molecular formula is C48H31NO. The zero-order valence-electron chi connectivity index (χ0n) is 27.3. The van der Waals surface area contributed by atoms with Gasteiger partial charge in [-0.15, -0.1) is 0 Å². The van der Waals surface area contributed by atoms with Crippen LogP contribution in [0.1, 0.15) is 0 Å². The second-order valence-corrected chi connectivity index (χ2v) is 12.9. The quantitative estimate of drug-likeness (QED) is 0.175. The van der Waals surface area contributed by atoms with E-state index >= 15 is 0 Å². The summed E-state index contributed by atoms with van der Waals surface area (Å²) in [4.78, 5) is 2.35. The Morgan fingerprint density at radius 2 is 0.960 bits per heavy atom. The lowest BCUT2D eigenvalue weighted by Gasteiger charge is -2.27. The number of fused-ring (bicyclic) bond motifs is 7. The number of nitrogens with zero attached hydrogens (tertiary/aromatic N) is 1. The Morgan fingerprint density at radius 1 is 0.360 bits per heavy atom. The monoisotopic (exact) mass is 637 g/mol. The van der Waals surface area contributed by atoms with Crippen molar-refractivity contribution in [2.45, 2.75) is 0 Å². The van der Waals surface area contributed by atoms with Gasteiger partial charge < -0.3 is 9.32 Å². The first-order valence-corrected chi connectivity index (χ1v) is 17.1. The third-order valence-electron chi connectivity index (χ3n) is 10.0. The first-order valence-electron chi connectivity index (χ1n) is 17.1. The number of anilines is 3. The van der Waals surface area contributed by atoms with Gasteiger partial charge in [-0.1, -0.05) is 152 Å². The van der Waals surface area contributed by atoms with E-state index in [1.807, 2.05) is 6.07 Å². The van der Waals surface area contributed by atoms with Gasteiger partial charge in [0.25, 0.3) is 0 Å². The Labute approximate surface area is 290 Å². The third-order valence-corrected chi connectivity index (χ3v) is 10.0. The number of benzene rings is 9. The summed E-state index contributed by atoms with van der Waals surface area (Å²) in [5.74, 6) is 0. The highest BCUT2D eigenvalue weighted by Crippen LogP contribution is 2.46. The topological polar surface area (TPSA) is 16.4 Å². The zero-order chi connectivity index (χ0) is 33.0. The fourth-order valence-corrected chi connectivity index (χ4v) is 7.67. The summed E-state index contributed by atoms with van der Waals surface area (Å²) in [6.07, 6.45) is 0. The number of hydrogen-bond acceptors (Lipinski definition) is 2. The predicted molar refractivity (Wildman–Crippen MR) is 212 cm³/mol. The minimum Gasteiger partial charge on any atom is -0.454 e. The van der Waals surface area contributed by atoms with Crippen molar-refractivity contribution in [2.75, 3.05) is 4.90 Å². The molecule has 0 aliphatic rings. The summed E-state index contributed by atoms with van der Waals surface area (Å²) in [6.45, 7) is 0. The number of hydrogen-bond donors (Lipinski definition) is 0. The highest BCUT2D eigenvalue weighted by molar-refractivity contribution is 6.17. The molecule has 0 atom stereocenters. The van der Waals surface area contributed by atoms with E-state index < -0.39 is 0 Å². The van der Waals surface area contributed by atoms with E-state index in [-0.39, 0.29) is 0 Å². The van der Waals surface area contributed by atoms with Gasteiger partial charge in [-0.05, 0) is 91.0 Å². The van der Waals surface area contributed by atoms with Gasteiger partial charge in [-0.2, -0.15) is 0 Å². The Kier molecular flexibility index (Phi) is 6.53. The summed E-state index contributed by atoms with van der Waals surface area (Å²) in [5.41, 5.74) is 9.60. The van der Waals surface area contributed by atoms with Crippen LogP contribution in [0.5, 0.6) is 0 Å². The summed E-state index contributed by atoms with van der Waals surface area (Å²) in [5, 5.41) is 9.63. The second kappa shape index (κ2) is 11.5. The molecule has 9 aromatic carbocycles. The lowest BCUT2D eigenvalue weighted by atomic mass is 9.97. The van der Waals surface area contributed by atoms with Crippen molar-refractivity contribution < 1.29 is 4.42 Å². The lowest BCUT2D eigenvalue weighted by molar-refractivity contribution is 0.669. The molecule has 1 aromatic heterocycles. The molecule has 2 heteroatoms. The normalized spacial score (nSPS) is 11.6. The van der Waals surface area contributed by atoms with Crippen molar-refractivity contribution in [1.29, 1.82) is 0 Å². The molecule has 0 saturated heterocycles. The Bertz CT molecular complexity index is 2860. The molecule has 0 aliphatic carbocycles. The number of rotatable bonds is 5. The summed E-state index contributed by atoms with van der Waals surface area (Å²) in [6, 6.07) is 67.4. The molecule has 0 fully saturated rings. The van der Waals surface area contributed by atoms with E-state index in [0.29, 0.717) is 0 Å². The van der Waals surface area contributed by atoms with Crippen LogP contribution < -0.4 is 4.90 Å². The predicted octanol–water partition coefficient (Wildman–Crippen LogP) is 13.8. The minimum absolute atomic E-state index is 0.865. The summed E-state index contributed by atoms with van der Waals surface area (Å²) >= 11 is 0. The molecule has 50 heavy (non-hydrogen) atoms. The van der Waals surface area contributed by atoms with E-state index in [1.165, 1.54) is 49.0 Å². The van der Waals surface area contributed by atoms with Gasteiger partial charge in [-0.25, -0.2) is 0 Å². The summed E-state index contributed by atoms with van der Waals surface area (Å²) in [7, 11) is 0. The highest BCUT2D eigenvalue weighted by Gasteiger charge is 2.22. The molecule has 0 unspecified atom stereocenters. The molecule has 10 aromatic rings. The average Bonchev–Trinajstić information content (AvgIpc) is 3.58. The molecule has 0 saturated carbocycles.